The van der Waals surface area contributed by atoms with E-state index >= 15 is 0 Å². The van der Waals surface area contributed by atoms with Crippen LogP contribution in [0.1, 0.15) is 33.2 Å². The number of carbonyl (C=O) groups is 2. The van der Waals surface area contributed by atoms with E-state index in [-0.39, 0.29) is 11.7 Å². The molecule has 92 valence electrons. The second-order valence-electron chi connectivity index (χ2n) is 3.51. The summed E-state index contributed by atoms with van der Waals surface area (Å²) in [6.07, 6.45) is 0. The van der Waals surface area contributed by atoms with Crippen LogP contribution in [-0.2, 0) is 15.4 Å². The van der Waals surface area contributed by atoms with Crippen LogP contribution in [-0.4, -0.2) is 18.9 Å². The van der Waals surface area contributed by atoms with Crippen LogP contribution in [0.25, 0.3) is 0 Å². The minimum atomic E-state index is -0.458. The number of alkyl halides is 2. The smallest absolute Gasteiger partial charge is 0.337 e. The van der Waals surface area contributed by atoms with Crippen molar-refractivity contribution in [1.29, 1.82) is 0 Å². The third-order valence-electron chi connectivity index (χ3n) is 2.34. The average Bonchev–Trinajstić information content (AvgIpc) is 2.35. The summed E-state index contributed by atoms with van der Waals surface area (Å²) >= 11 is 9.09. The van der Waals surface area contributed by atoms with E-state index in [2.05, 4.69) is 20.7 Å². The van der Waals surface area contributed by atoms with Crippen LogP contribution in [0.3, 0.4) is 0 Å². The SMILES string of the molecule is COC(=O)c1ccc(CCl)c(C(Br)C(C)=O)c1. The van der Waals surface area contributed by atoms with Crippen molar-refractivity contribution in [3.05, 3.63) is 34.9 Å². The molecule has 0 aliphatic rings. The van der Waals surface area contributed by atoms with Crippen molar-refractivity contribution in [1.82, 2.24) is 0 Å². The maximum absolute atomic E-state index is 11.4. The third kappa shape index (κ3) is 3.30. The number of methoxy groups -OCH3 is 1. The van der Waals surface area contributed by atoms with E-state index in [0.29, 0.717) is 11.1 Å². The van der Waals surface area contributed by atoms with Crippen molar-refractivity contribution in [2.45, 2.75) is 17.6 Å². The molecule has 0 aliphatic carbocycles. The summed E-state index contributed by atoms with van der Waals surface area (Å²) in [5, 5.41) is 0. The fourth-order valence-corrected chi connectivity index (χ4v) is 2.09. The molecule has 0 spiro atoms. The van der Waals surface area contributed by atoms with E-state index < -0.39 is 10.8 Å². The van der Waals surface area contributed by atoms with Crippen molar-refractivity contribution in [2.24, 2.45) is 0 Å². The van der Waals surface area contributed by atoms with E-state index in [9.17, 15) is 9.59 Å². The van der Waals surface area contributed by atoms with Crippen molar-refractivity contribution >= 4 is 39.3 Å². The van der Waals surface area contributed by atoms with E-state index in [1.807, 2.05) is 0 Å². The summed E-state index contributed by atoms with van der Waals surface area (Å²) in [7, 11) is 1.31. The van der Waals surface area contributed by atoms with Gasteiger partial charge in [-0.3, -0.25) is 4.79 Å². The van der Waals surface area contributed by atoms with Crippen molar-refractivity contribution in [3.8, 4) is 0 Å². The Morgan fingerprint density at radius 3 is 2.59 bits per heavy atom. The molecule has 5 heteroatoms. The van der Waals surface area contributed by atoms with Gasteiger partial charge in [0, 0.05) is 5.88 Å². The second kappa shape index (κ2) is 6.17. The molecule has 0 amide bonds. The minimum absolute atomic E-state index is 0.0432. The molecule has 0 aromatic heterocycles. The monoisotopic (exact) mass is 318 g/mol. The Morgan fingerprint density at radius 2 is 2.12 bits per heavy atom. The Hall–Kier alpha value is -0.870. The van der Waals surface area contributed by atoms with E-state index in [0.717, 1.165) is 5.56 Å². The first kappa shape index (κ1) is 14.2. The van der Waals surface area contributed by atoms with Crippen LogP contribution < -0.4 is 0 Å². The van der Waals surface area contributed by atoms with Gasteiger partial charge in [0.1, 0.15) is 5.78 Å². The van der Waals surface area contributed by atoms with Crippen LogP contribution in [0.15, 0.2) is 18.2 Å². The lowest BCUT2D eigenvalue weighted by Crippen LogP contribution is -2.08. The van der Waals surface area contributed by atoms with Crippen LogP contribution >= 0.6 is 27.5 Å². The average molecular weight is 320 g/mol. The van der Waals surface area contributed by atoms with Gasteiger partial charge in [0.25, 0.3) is 0 Å². The van der Waals surface area contributed by atoms with Crippen LogP contribution in [0, 0.1) is 0 Å². The molecule has 0 radical (unpaired) electrons. The lowest BCUT2D eigenvalue weighted by atomic mass is 10.0. The maximum Gasteiger partial charge on any atom is 0.337 e. The van der Waals surface area contributed by atoms with Gasteiger partial charge in [-0.25, -0.2) is 4.79 Å². The lowest BCUT2D eigenvalue weighted by molar-refractivity contribution is -0.116. The first-order valence-corrected chi connectivity index (χ1v) is 6.38. The first-order valence-electron chi connectivity index (χ1n) is 4.93. The number of rotatable bonds is 4. The summed E-state index contributed by atoms with van der Waals surface area (Å²) < 4.78 is 4.63. The predicted octanol–water partition coefficient (Wildman–Crippen LogP) is 3.24. The number of esters is 1. The molecule has 3 nitrogen and oxygen atoms in total. The van der Waals surface area contributed by atoms with E-state index in [1.165, 1.54) is 14.0 Å². The second-order valence-corrected chi connectivity index (χ2v) is 4.69. The number of ketones is 1. The molecule has 0 fully saturated rings. The Morgan fingerprint density at radius 1 is 1.47 bits per heavy atom. The van der Waals surface area contributed by atoms with Gasteiger partial charge in [-0.2, -0.15) is 0 Å². The Labute approximate surface area is 113 Å². The van der Waals surface area contributed by atoms with Gasteiger partial charge in [0.2, 0.25) is 0 Å². The van der Waals surface area contributed by atoms with Crippen molar-refractivity contribution in [3.63, 3.8) is 0 Å². The van der Waals surface area contributed by atoms with Gasteiger partial charge in [0.05, 0.1) is 17.5 Å². The molecule has 0 N–H and O–H groups in total. The topological polar surface area (TPSA) is 43.4 Å². The molecule has 1 unspecified atom stereocenters. The van der Waals surface area contributed by atoms with Gasteiger partial charge in [-0.05, 0) is 30.2 Å². The fourth-order valence-electron chi connectivity index (χ4n) is 1.42. The quantitative estimate of drug-likeness (QED) is 0.632. The number of halogens is 2. The molecule has 17 heavy (non-hydrogen) atoms. The Balaban J connectivity index is 3.24. The summed E-state index contributed by atoms with van der Waals surface area (Å²) in [6, 6.07) is 4.99. The van der Waals surface area contributed by atoms with E-state index in [1.54, 1.807) is 18.2 Å². The number of carbonyl (C=O) groups excluding carboxylic acids is 2. The van der Waals surface area contributed by atoms with Crippen molar-refractivity contribution < 1.29 is 14.3 Å². The molecule has 1 aromatic carbocycles. The van der Waals surface area contributed by atoms with Gasteiger partial charge in [-0.1, -0.05) is 22.0 Å². The lowest BCUT2D eigenvalue weighted by Gasteiger charge is -2.12. The standard InChI is InChI=1S/C12H12BrClO3/c1-7(15)11(13)10-5-8(12(16)17-2)3-4-9(10)6-14/h3-5,11H,6H2,1-2H3. The third-order valence-corrected chi connectivity index (χ3v) is 3.77. The molecule has 0 saturated carbocycles. The summed E-state index contributed by atoms with van der Waals surface area (Å²) in [4.78, 5) is 22.3. The summed E-state index contributed by atoms with van der Waals surface area (Å²) in [5.74, 6) is -0.194. The van der Waals surface area contributed by atoms with Crippen LogP contribution in [0.5, 0.6) is 0 Å². The Kier molecular flexibility index (Phi) is 5.15. The zero-order valence-electron chi connectivity index (χ0n) is 9.50. The maximum atomic E-state index is 11.4. The number of hydrogen-bond acceptors (Lipinski definition) is 3. The minimum Gasteiger partial charge on any atom is -0.465 e. The van der Waals surface area contributed by atoms with Gasteiger partial charge in [0.15, 0.2) is 0 Å². The van der Waals surface area contributed by atoms with Crippen LogP contribution in [0.4, 0.5) is 0 Å². The molecule has 0 saturated heterocycles. The molecule has 1 rings (SSSR count). The molecule has 0 aliphatic heterocycles. The summed E-state index contributed by atoms with van der Waals surface area (Å²) in [5.41, 5.74) is 1.92. The van der Waals surface area contributed by atoms with E-state index in [4.69, 9.17) is 11.6 Å². The number of ether oxygens (including phenoxy) is 1. The highest BCUT2D eigenvalue weighted by Gasteiger charge is 2.18. The molecule has 1 atom stereocenters. The zero-order chi connectivity index (χ0) is 13.0. The predicted molar refractivity (Wildman–Crippen MR) is 69.7 cm³/mol. The molecular weight excluding hydrogens is 307 g/mol. The molecular formula is C12H12BrClO3. The van der Waals surface area contributed by atoms with Gasteiger partial charge < -0.3 is 4.74 Å². The van der Waals surface area contributed by atoms with Gasteiger partial charge >= 0.3 is 5.97 Å². The zero-order valence-corrected chi connectivity index (χ0v) is 11.8. The summed E-state index contributed by atoms with van der Waals surface area (Å²) in [6.45, 7) is 1.47. The molecule has 0 heterocycles. The fraction of sp³-hybridized carbons (Fsp3) is 0.333. The normalized spacial score (nSPS) is 12.0. The first-order chi connectivity index (χ1) is 8.01. The number of Topliss-reactive ketones (excluding diaryl/α,β-unsaturated/α-hetero) is 1. The highest BCUT2D eigenvalue weighted by molar-refractivity contribution is 9.09. The molecule has 0 bridgehead atoms. The Bertz CT molecular complexity index is 445. The van der Waals surface area contributed by atoms with Crippen LogP contribution in [0.2, 0.25) is 0 Å². The number of benzene rings is 1. The molecule has 1 aromatic rings. The highest BCUT2D eigenvalue weighted by atomic mass is 79.9. The number of hydrogen-bond donors (Lipinski definition) is 0. The highest BCUT2D eigenvalue weighted by Crippen LogP contribution is 2.29. The van der Waals surface area contributed by atoms with Crippen molar-refractivity contribution in [2.75, 3.05) is 7.11 Å². The van der Waals surface area contributed by atoms with Gasteiger partial charge in [-0.15, -0.1) is 11.6 Å². The largest absolute Gasteiger partial charge is 0.465 e.